The van der Waals surface area contributed by atoms with Crippen LogP contribution >= 0.6 is 0 Å². The van der Waals surface area contributed by atoms with Gasteiger partial charge in [0.2, 0.25) is 0 Å². The van der Waals surface area contributed by atoms with Crippen molar-refractivity contribution in [3.63, 3.8) is 0 Å². The van der Waals surface area contributed by atoms with Crippen LogP contribution < -0.4 is 14.4 Å². The molecule has 1 heterocycles. The predicted molar refractivity (Wildman–Crippen MR) is 160 cm³/mol. The van der Waals surface area contributed by atoms with Gasteiger partial charge in [-0.25, -0.2) is 4.39 Å². The first-order valence-electron chi connectivity index (χ1n) is 14.7. The standard InChI is InChI=1S/C34H39FN2O5/c1-36(21-26-6-3-4-9-31(26)35)34(40)29-13-12-27(41-2)19-32(29)37-16-14-23(15-17-37)22-42-28-8-5-7-25(18-28)30(20-33(38)39)24-10-11-24/h3-9,12-13,18-19,23-24,30H,10-11,14-17,20-22H2,1-2H3,(H,38,39). The molecule has 1 saturated carbocycles. The van der Waals surface area contributed by atoms with Crippen molar-refractivity contribution in [1.29, 1.82) is 0 Å². The van der Waals surface area contributed by atoms with E-state index >= 15 is 0 Å². The summed E-state index contributed by atoms with van der Waals surface area (Å²) in [7, 11) is 3.30. The number of ether oxygens (including phenoxy) is 2. The minimum atomic E-state index is -0.761. The highest BCUT2D eigenvalue weighted by Crippen LogP contribution is 2.45. The van der Waals surface area contributed by atoms with Gasteiger partial charge >= 0.3 is 5.97 Å². The zero-order chi connectivity index (χ0) is 29.6. The smallest absolute Gasteiger partial charge is 0.303 e. The first kappa shape index (κ1) is 29.4. The number of benzene rings is 3. The van der Waals surface area contributed by atoms with Crippen LogP contribution in [0.3, 0.4) is 0 Å². The Morgan fingerprint density at radius 2 is 1.76 bits per heavy atom. The Morgan fingerprint density at radius 1 is 1.00 bits per heavy atom. The van der Waals surface area contributed by atoms with Gasteiger partial charge in [-0.15, -0.1) is 0 Å². The van der Waals surface area contributed by atoms with E-state index < -0.39 is 5.97 Å². The summed E-state index contributed by atoms with van der Waals surface area (Å²) in [5, 5.41) is 9.37. The van der Waals surface area contributed by atoms with Gasteiger partial charge in [-0.05, 0) is 79.3 Å². The highest BCUT2D eigenvalue weighted by molar-refractivity contribution is 6.00. The van der Waals surface area contributed by atoms with Gasteiger partial charge in [0.15, 0.2) is 0 Å². The van der Waals surface area contributed by atoms with Crippen LogP contribution in [0.2, 0.25) is 0 Å². The van der Waals surface area contributed by atoms with E-state index in [0.29, 0.717) is 35.3 Å². The van der Waals surface area contributed by atoms with Gasteiger partial charge in [0, 0.05) is 38.3 Å². The number of carboxylic acids is 1. The van der Waals surface area contributed by atoms with Crippen molar-refractivity contribution in [2.75, 3.05) is 38.8 Å². The maximum absolute atomic E-state index is 14.2. The topological polar surface area (TPSA) is 79.3 Å². The Kier molecular flexibility index (Phi) is 9.30. The number of hydrogen-bond acceptors (Lipinski definition) is 5. The zero-order valence-corrected chi connectivity index (χ0v) is 24.3. The molecule has 0 radical (unpaired) electrons. The summed E-state index contributed by atoms with van der Waals surface area (Å²) in [6.45, 7) is 2.29. The van der Waals surface area contributed by atoms with E-state index in [1.54, 1.807) is 49.4 Å². The molecule has 7 nitrogen and oxygen atoms in total. The number of hydrogen-bond donors (Lipinski definition) is 1. The summed E-state index contributed by atoms with van der Waals surface area (Å²) in [6, 6.07) is 19.9. The SMILES string of the molecule is COc1ccc(C(=O)N(C)Cc2ccccc2F)c(N2CCC(COc3cccc(C(CC(=O)O)C4CC4)c3)CC2)c1. The molecule has 0 spiro atoms. The highest BCUT2D eigenvalue weighted by atomic mass is 19.1. The molecule has 222 valence electrons. The van der Waals surface area contributed by atoms with Crippen molar-refractivity contribution in [3.8, 4) is 11.5 Å². The van der Waals surface area contributed by atoms with E-state index in [1.807, 2.05) is 30.3 Å². The fraction of sp³-hybridized carbons (Fsp3) is 0.412. The molecular weight excluding hydrogens is 535 g/mol. The third kappa shape index (κ3) is 7.22. The number of rotatable bonds is 12. The van der Waals surface area contributed by atoms with Gasteiger partial charge in [0.25, 0.3) is 5.91 Å². The monoisotopic (exact) mass is 574 g/mol. The lowest BCUT2D eigenvalue weighted by molar-refractivity contribution is -0.137. The molecule has 5 rings (SSSR count). The normalized spacial score (nSPS) is 16.1. The summed E-state index contributed by atoms with van der Waals surface area (Å²) in [5.41, 5.74) is 2.89. The Balaban J connectivity index is 1.21. The second kappa shape index (κ2) is 13.3. The number of methoxy groups -OCH3 is 1. The van der Waals surface area contributed by atoms with Crippen LogP contribution in [0.4, 0.5) is 10.1 Å². The number of carboxylic acid groups (broad SMARTS) is 1. The summed E-state index contributed by atoms with van der Waals surface area (Å²) in [5.74, 6) is 1.05. The summed E-state index contributed by atoms with van der Waals surface area (Å²) >= 11 is 0. The Labute approximate surface area is 246 Å². The summed E-state index contributed by atoms with van der Waals surface area (Å²) < 4.78 is 25.9. The van der Waals surface area contributed by atoms with Gasteiger partial charge in [0.1, 0.15) is 17.3 Å². The average molecular weight is 575 g/mol. The second-order valence-corrected chi connectivity index (χ2v) is 11.5. The molecule has 42 heavy (non-hydrogen) atoms. The fourth-order valence-electron chi connectivity index (χ4n) is 5.87. The molecule has 1 aliphatic heterocycles. The van der Waals surface area contributed by atoms with E-state index in [9.17, 15) is 19.1 Å². The lowest BCUT2D eigenvalue weighted by atomic mass is 9.91. The average Bonchev–Trinajstić information content (AvgIpc) is 3.85. The fourth-order valence-corrected chi connectivity index (χ4v) is 5.87. The van der Waals surface area contributed by atoms with E-state index in [2.05, 4.69) is 4.90 Å². The molecule has 1 N–H and O–H groups in total. The van der Waals surface area contributed by atoms with E-state index in [-0.39, 0.29) is 30.6 Å². The van der Waals surface area contributed by atoms with Gasteiger partial charge in [-0.3, -0.25) is 9.59 Å². The minimum Gasteiger partial charge on any atom is -0.497 e. The van der Waals surface area contributed by atoms with Crippen LogP contribution in [0.1, 0.15) is 59.5 Å². The third-order valence-electron chi connectivity index (χ3n) is 8.46. The Morgan fingerprint density at radius 3 is 2.45 bits per heavy atom. The molecule has 1 amide bonds. The minimum absolute atomic E-state index is 0.0415. The van der Waals surface area contributed by atoms with Crippen molar-refractivity contribution in [2.45, 2.75) is 44.6 Å². The second-order valence-electron chi connectivity index (χ2n) is 11.5. The number of amides is 1. The van der Waals surface area contributed by atoms with Crippen molar-refractivity contribution in [1.82, 2.24) is 4.90 Å². The van der Waals surface area contributed by atoms with Gasteiger partial charge < -0.3 is 24.4 Å². The summed E-state index contributed by atoms with van der Waals surface area (Å²) in [6.07, 6.45) is 4.13. The van der Waals surface area contributed by atoms with Crippen molar-refractivity contribution in [3.05, 3.63) is 89.2 Å². The molecule has 1 atom stereocenters. The van der Waals surface area contributed by atoms with Crippen molar-refractivity contribution in [2.24, 2.45) is 11.8 Å². The zero-order valence-electron chi connectivity index (χ0n) is 24.3. The molecular formula is C34H39FN2O5. The number of piperidine rings is 1. The molecule has 1 saturated heterocycles. The molecule has 0 aromatic heterocycles. The maximum atomic E-state index is 14.2. The van der Waals surface area contributed by atoms with Crippen molar-refractivity contribution < 1.29 is 28.6 Å². The molecule has 3 aromatic carbocycles. The maximum Gasteiger partial charge on any atom is 0.303 e. The van der Waals surface area contributed by atoms with Crippen LogP contribution in [0.15, 0.2) is 66.7 Å². The number of nitrogens with zero attached hydrogens (tertiary/aromatic N) is 2. The van der Waals surface area contributed by atoms with E-state index in [0.717, 1.165) is 55.8 Å². The molecule has 2 aliphatic rings. The number of carbonyl (C=O) groups excluding carboxylic acids is 1. The number of anilines is 1. The molecule has 1 unspecified atom stereocenters. The van der Waals surface area contributed by atoms with Crippen LogP contribution in [0, 0.1) is 17.7 Å². The Hall–Kier alpha value is -4.07. The van der Waals surface area contributed by atoms with Crippen molar-refractivity contribution >= 4 is 17.6 Å². The van der Waals surface area contributed by atoms with E-state index in [1.165, 1.54) is 6.07 Å². The predicted octanol–water partition coefficient (Wildman–Crippen LogP) is 6.37. The van der Waals surface area contributed by atoms with E-state index in [4.69, 9.17) is 9.47 Å². The van der Waals surface area contributed by atoms with Crippen LogP contribution in [0.25, 0.3) is 0 Å². The quantitative estimate of drug-likeness (QED) is 0.271. The third-order valence-corrected chi connectivity index (χ3v) is 8.46. The van der Waals surface area contributed by atoms with Crippen LogP contribution in [-0.4, -0.2) is 55.7 Å². The molecule has 8 heteroatoms. The van der Waals surface area contributed by atoms with Crippen LogP contribution in [0.5, 0.6) is 11.5 Å². The molecule has 0 bridgehead atoms. The first-order chi connectivity index (χ1) is 20.3. The lowest BCUT2D eigenvalue weighted by Gasteiger charge is -2.35. The van der Waals surface area contributed by atoms with Gasteiger partial charge in [0.05, 0.1) is 31.4 Å². The number of aliphatic carboxylic acids is 1. The lowest BCUT2D eigenvalue weighted by Crippen LogP contribution is -2.37. The van der Waals surface area contributed by atoms with Gasteiger partial charge in [-0.1, -0.05) is 30.3 Å². The first-order valence-corrected chi connectivity index (χ1v) is 14.7. The molecule has 3 aromatic rings. The highest BCUT2D eigenvalue weighted by Gasteiger charge is 2.34. The molecule has 2 fully saturated rings. The number of carbonyl (C=O) groups is 2. The number of halogens is 1. The Bertz CT molecular complexity index is 1400. The largest absolute Gasteiger partial charge is 0.497 e. The molecule has 1 aliphatic carbocycles. The van der Waals surface area contributed by atoms with Gasteiger partial charge in [-0.2, -0.15) is 0 Å². The summed E-state index contributed by atoms with van der Waals surface area (Å²) in [4.78, 5) is 28.7. The van der Waals surface area contributed by atoms with Crippen LogP contribution in [-0.2, 0) is 11.3 Å².